The first-order valence-corrected chi connectivity index (χ1v) is 11.6. The number of carbonyl (C=O) groups is 1. The lowest BCUT2D eigenvalue weighted by molar-refractivity contribution is 0.0698. The van der Waals surface area contributed by atoms with Crippen molar-refractivity contribution in [1.82, 2.24) is 9.21 Å². The van der Waals surface area contributed by atoms with Crippen LogP contribution in [-0.2, 0) is 10.0 Å². The summed E-state index contributed by atoms with van der Waals surface area (Å²) >= 11 is 0. The van der Waals surface area contributed by atoms with Crippen LogP contribution in [0.4, 0.5) is 0 Å². The summed E-state index contributed by atoms with van der Waals surface area (Å²) in [6.07, 6.45) is 0. The van der Waals surface area contributed by atoms with Crippen LogP contribution in [0.15, 0.2) is 47.4 Å². The van der Waals surface area contributed by atoms with E-state index in [1.165, 1.54) is 22.0 Å². The minimum Gasteiger partial charge on any atom is -0.486 e. The number of carbonyl (C=O) groups excluding carboxylic acids is 1. The molecule has 160 valence electrons. The van der Waals surface area contributed by atoms with Crippen molar-refractivity contribution in [3.8, 4) is 11.5 Å². The molecule has 4 rings (SSSR count). The average Bonchev–Trinajstić information content (AvgIpc) is 2.78. The van der Waals surface area contributed by atoms with Crippen LogP contribution in [0.5, 0.6) is 11.5 Å². The highest BCUT2D eigenvalue weighted by Gasteiger charge is 2.31. The fraction of sp³-hybridized carbons (Fsp3) is 0.409. The maximum absolute atomic E-state index is 13.0. The molecule has 2 heterocycles. The molecule has 30 heavy (non-hydrogen) atoms. The van der Waals surface area contributed by atoms with Crippen LogP contribution in [0.3, 0.4) is 0 Å². The zero-order valence-electron chi connectivity index (χ0n) is 17.2. The molecule has 0 spiro atoms. The molecule has 1 fully saturated rings. The van der Waals surface area contributed by atoms with E-state index in [1.54, 1.807) is 11.0 Å². The van der Waals surface area contributed by atoms with Gasteiger partial charge in [0.25, 0.3) is 5.91 Å². The Balaban J connectivity index is 1.43. The second-order valence-electron chi connectivity index (χ2n) is 7.78. The molecule has 0 atom stereocenters. The monoisotopic (exact) mass is 430 g/mol. The first kappa shape index (κ1) is 20.7. The molecule has 0 saturated carbocycles. The van der Waals surface area contributed by atoms with E-state index in [9.17, 15) is 13.2 Å². The van der Waals surface area contributed by atoms with Crippen molar-refractivity contribution in [3.63, 3.8) is 0 Å². The van der Waals surface area contributed by atoms with Gasteiger partial charge in [-0.3, -0.25) is 4.79 Å². The highest BCUT2D eigenvalue weighted by molar-refractivity contribution is 7.89. The van der Waals surface area contributed by atoms with Gasteiger partial charge in [0.15, 0.2) is 11.5 Å². The summed E-state index contributed by atoms with van der Waals surface area (Å²) in [5.74, 6) is 1.34. The Morgan fingerprint density at radius 3 is 2.17 bits per heavy atom. The smallest absolute Gasteiger partial charge is 0.253 e. The van der Waals surface area contributed by atoms with Crippen molar-refractivity contribution >= 4 is 15.9 Å². The van der Waals surface area contributed by atoms with Crippen LogP contribution >= 0.6 is 0 Å². The minimum absolute atomic E-state index is 0.0679. The fourth-order valence-corrected chi connectivity index (χ4v) is 5.10. The first-order chi connectivity index (χ1) is 14.4. The number of rotatable bonds is 4. The van der Waals surface area contributed by atoms with Crippen molar-refractivity contribution < 1.29 is 22.7 Å². The predicted octanol–water partition coefficient (Wildman–Crippen LogP) is 2.73. The summed E-state index contributed by atoms with van der Waals surface area (Å²) < 4.78 is 38.5. The van der Waals surface area contributed by atoms with Gasteiger partial charge >= 0.3 is 0 Å². The van der Waals surface area contributed by atoms with Crippen LogP contribution in [0, 0.1) is 0 Å². The number of amides is 1. The van der Waals surface area contributed by atoms with Gasteiger partial charge in [0, 0.05) is 37.8 Å². The predicted molar refractivity (Wildman–Crippen MR) is 113 cm³/mol. The average molecular weight is 431 g/mol. The highest BCUT2D eigenvalue weighted by atomic mass is 32.2. The Bertz CT molecular complexity index is 1030. The van der Waals surface area contributed by atoms with Gasteiger partial charge in [0.1, 0.15) is 13.2 Å². The van der Waals surface area contributed by atoms with E-state index in [1.807, 2.05) is 24.3 Å². The standard InChI is InChI=1S/C22H26N2O5S/c1-16(2)17-3-5-18(6-4-17)22(25)23-9-11-24(12-10-23)30(26,27)19-7-8-20-21(15-19)29-14-13-28-20/h3-8,15-16H,9-14H2,1-2H3. The van der Waals surface area contributed by atoms with E-state index in [2.05, 4.69) is 13.8 Å². The molecule has 0 unspecified atom stereocenters. The van der Waals surface area contributed by atoms with Gasteiger partial charge in [0.05, 0.1) is 4.90 Å². The number of sulfonamides is 1. The summed E-state index contributed by atoms with van der Waals surface area (Å²) in [6.45, 7) is 6.30. The van der Waals surface area contributed by atoms with Crippen molar-refractivity contribution in [2.45, 2.75) is 24.7 Å². The molecule has 2 aliphatic rings. The number of nitrogens with zero attached hydrogens (tertiary/aromatic N) is 2. The molecule has 0 bridgehead atoms. The Kier molecular flexibility index (Phi) is 5.71. The summed E-state index contributed by atoms with van der Waals surface area (Å²) in [5, 5.41) is 0. The van der Waals surface area contributed by atoms with Crippen LogP contribution < -0.4 is 9.47 Å². The topological polar surface area (TPSA) is 76.2 Å². The number of fused-ring (bicyclic) bond motifs is 1. The summed E-state index contributed by atoms with van der Waals surface area (Å²) in [4.78, 5) is 14.7. The van der Waals surface area contributed by atoms with E-state index in [0.717, 1.165) is 0 Å². The molecular formula is C22H26N2O5S. The van der Waals surface area contributed by atoms with E-state index in [-0.39, 0.29) is 23.9 Å². The fourth-order valence-electron chi connectivity index (χ4n) is 3.66. The summed E-state index contributed by atoms with van der Waals surface area (Å²) in [5.41, 5.74) is 1.81. The van der Waals surface area contributed by atoms with Gasteiger partial charge in [-0.05, 0) is 35.7 Å². The molecular weight excluding hydrogens is 404 g/mol. The molecule has 2 aliphatic heterocycles. The molecule has 7 nitrogen and oxygen atoms in total. The van der Waals surface area contributed by atoms with Crippen LogP contribution in [-0.4, -0.2) is 62.9 Å². The normalized spacial score (nSPS) is 17.2. The molecule has 2 aromatic rings. The van der Waals surface area contributed by atoms with E-state index in [4.69, 9.17) is 9.47 Å². The van der Waals surface area contributed by atoms with Gasteiger partial charge < -0.3 is 14.4 Å². The largest absolute Gasteiger partial charge is 0.486 e. The Hall–Kier alpha value is -2.58. The Morgan fingerprint density at radius 1 is 0.900 bits per heavy atom. The lowest BCUT2D eigenvalue weighted by Gasteiger charge is -2.34. The Labute approximate surface area is 177 Å². The van der Waals surface area contributed by atoms with Gasteiger partial charge in [-0.1, -0.05) is 26.0 Å². The van der Waals surface area contributed by atoms with Gasteiger partial charge in [0.2, 0.25) is 10.0 Å². The third-order valence-electron chi connectivity index (χ3n) is 5.50. The van der Waals surface area contributed by atoms with Gasteiger partial charge in [-0.2, -0.15) is 4.31 Å². The third-order valence-corrected chi connectivity index (χ3v) is 7.40. The third kappa shape index (κ3) is 4.02. The molecule has 2 aromatic carbocycles. The summed E-state index contributed by atoms with van der Waals surface area (Å²) in [7, 11) is -3.66. The molecule has 0 N–H and O–H groups in total. The van der Waals surface area contributed by atoms with Crippen molar-refractivity contribution in [2.24, 2.45) is 0 Å². The van der Waals surface area contributed by atoms with E-state index in [0.29, 0.717) is 49.3 Å². The van der Waals surface area contributed by atoms with Gasteiger partial charge in [-0.25, -0.2) is 8.42 Å². The van der Waals surface area contributed by atoms with Crippen molar-refractivity contribution in [2.75, 3.05) is 39.4 Å². The SMILES string of the molecule is CC(C)c1ccc(C(=O)N2CCN(S(=O)(=O)c3ccc4c(c3)OCCO4)CC2)cc1. The highest BCUT2D eigenvalue weighted by Crippen LogP contribution is 2.33. The second kappa shape index (κ2) is 8.28. The van der Waals surface area contributed by atoms with Crippen LogP contribution in [0.1, 0.15) is 35.7 Å². The maximum Gasteiger partial charge on any atom is 0.253 e. The number of piperazine rings is 1. The second-order valence-corrected chi connectivity index (χ2v) is 9.72. The number of ether oxygens (including phenoxy) is 2. The van der Waals surface area contributed by atoms with Crippen LogP contribution in [0.2, 0.25) is 0 Å². The summed E-state index contributed by atoms with van der Waals surface area (Å²) in [6, 6.07) is 12.3. The molecule has 8 heteroatoms. The van der Waals surface area contributed by atoms with Gasteiger partial charge in [-0.15, -0.1) is 0 Å². The lowest BCUT2D eigenvalue weighted by Crippen LogP contribution is -2.50. The quantitative estimate of drug-likeness (QED) is 0.746. The zero-order chi connectivity index (χ0) is 21.3. The zero-order valence-corrected chi connectivity index (χ0v) is 18.0. The Morgan fingerprint density at radius 2 is 1.53 bits per heavy atom. The first-order valence-electron chi connectivity index (χ1n) is 10.2. The van der Waals surface area contributed by atoms with E-state index < -0.39 is 10.0 Å². The van der Waals surface area contributed by atoms with Crippen LogP contribution in [0.25, 0.3) is 0 Å². The molecule has 1 saturated heterocycles. The molecule has 0 radical (unpaired) electrons. The number of hydrogen-bond donors (Lipinski definition) is 0. The maximum atomic E-state index is 13.0. The molecule has 0 aromatic heterocycles. The minimum atomic E-state index is -3.66. The van der Waals surface area contributed by atoms with Crippen molar-refractivity contribution in [3.05, 3.63) is 53.6 Å². The number of hydrogen-bond acceptors (Lipinski definition) is 5. The molecule has 0 aliphatic carbocycles. The molecule has 1 amide bonds. The number of benzene rings is 2. The van der Waals surface area contributed by atoms with E-state index >= 15 is 0 Å². The lowest BCUT2D eigenvalue weighted by atomic mass is 10.0. The van der Waals surface area contributed by atoms with Crippen molar-refractivity contribution in [1.29, 1.82) is 0 Å².